The molecule has 11 heteroatoms. The summed E-state index contributed by atoms with van der Waals surface area (Å²) >= 11 is 0. The minimum atomic E-state index is -4.65. The summed E-state index contributed by atoms with van der Waals surface area (Å²) in [6.07, 6.45) is 44.1. The first-order valence-corrected chi connectivity index (χ1v) is 23.2. The molecule has 0 spiro atoms. The molecule has 0 aromatic carbocycles. The number of phosphoric acid groups is 1. The van der Waals surface area contributed by atoms with E-state index in [-0.39, 0.29) is 26.1 Å². The van der Waals surface area contributed by atoms with Gasteiger partial charge in [0.15, 0.2) is 6.10 Å². The van der Waals surface area contributed by atoms with Crippen molar-refractivity contribution < 1.29 is 46.8 Å². The van der Waals surface area contributed by atoms with Crippen molar-refractivity contribution in [1.29, 1.82) is 0 Å². The molecule has 1 heterocycles. The number of hydrogen-bond donors (Lipinski definition) is 0. The topological polar surface area (TPSA) is 124 Å². The molecule has 0 radical (unpaired) electrons. The molecule has 0 aliphatic carbocycles. The van der Waals surface area contributed by atoms with Gasteiger partial charge in [-0.25, -0.2) is 0 Å². The number of rotatable bonds is 37. The molecule has 1 rings (SSSR count). The van der Waals surface area contributed by atoms with Crippen LogP contribution in [0.15, 0.2) is 72.9 Å². The number of nitrogens with zero attached hydrogens (tertiary/aromatic N) is 1. The molecular formula is C46H78NO9P. The average molecular weight is 820 g/mol. The van der Waals surface area contributed by atoms with Gasteiger partial charge < -0.3 is 32.6 Å². The number of likely N-dealkylation sites (N-methyl/N-ethyl adjacent to an activating group) is 1. The second-order valence-corrected chi connectivity index (χ2v) is 17.1. The summed E-state index contributed by atoms with van der Waals surface area (Å²) in [7, 11) is 1.10. The first kappa shape index (κ1) is 52.4. The van der Waals surface area contributed by atoms with E-state index < -0.39 is 32.5 Å². The Kier molecular flexibility index (Phi) is 31.5. The molecule has 326 valence electrons. The van der Waals surface area contributed by atoms with Crippen LogP contribution in [-0.4, -0.2) is 82.2 Å². The van der Waals surface area contributed by atoms with Crippen LogP contribution in [0.5, 0.6) is 0 Å². The summed E-state index contributed by atoms with van der Waals surface area (Å²) < 4.78 is 39.4. The summed E-state index contributed by atoms with van der Waals surface area (Å²) in [5.41, 5.74) is 0. The van der Waals surface area contributed by atoms with Crippen molar-refractivity contribution in [1.82, 2.24) is 0 Å². The van der Waals surface area contributed by atoms with Crippen molar-refractivity contribution in [2.45, 2.75) is 161 Å². The maximum absolute atomic E-state index is 12.6. The lowest BCUT2D eigenvalue weighted by molar-refractivity contribution is -0.870. The summed E-state index contributed by atoms with van der Waals surface area (Å²) in [5, 5.41) is 0. The van der Waals surface area contributed by atoms with Crippen LogP contribution in [-0.2, 0) is 37.4 Å². The highest BCUT2D eigenvalue weighted by atomic mass is 31.2. The maximum atomic E-state index is 12.6. The number of carbonyl (C=O) groups is 2. The van der Waals surface area contributed by atoms with Crippen LogP contribution >= 0.6 is 7.82 Å². The monoisotopic (exact) mass is 820 g/mol. The van der Waals surface area contributed by atoms with Gasteiger partial charge in [-0.3, -0.25) is 14.2 Å². The van der Waals surface area contributed by atoms with Gasteiger partial charge >= 0.3 is 11.9 Å². The van der Waals surface area contributed by atoms with Gasteiger partial charge in [0.2, 0.25) is 0 Å². The van der Waals surface area contributed by atoms with Gasteiger partial charge in [-0.1, -0.05) is 125 Å². The first-order valence-electron chi connectivity index (χ1n) is 21.8. The molecule has 1 aliphatic heterocycles. The van der Waals surface area contributed by atoms with E-state index in [2.05, 4.69) is 74.6 Å². The molecule has 1 saturated heterocycles. The molecule has 10 nitrogen and oxygen atoms in total. The van der Waals surface area contributed by atoms with Crippen LogP contribution in [0.3, 0.4) is 0 Å². The van der Waals surface area contributed by atoms with Crippen molar-refractivity contribution in [3.63, 3.8) is 0 Å². The van der Waals surface area contributed by atoms with E-state index in [0.29, 0.717) is 36.1 Å². The number of esters is 2. The number of quaternary nitrogens is 1. The number of epoxide rings is 1. The van der Waals surface area contributed by atoms with Crippen LogP contribution < -0.4 is 4.89 Å². The van der Waals surface area contributed by atoms with Gasteiger partial charge in [0.1, 0.15) is 19.8 Å². The zero-order valence-corrected chi connectivity index (χ0v) is 37.1. The molecule has 1 fully saturated rings. The van der Waals surface area contributed by atoms with Crippen molar-refractivity contribution in [2.24, 2.45) is 0 Å². The number of ether oxygens (including phenoxy) is 3. The Hall–Kier alpha value is -2.59. The van der Waals surface area contributed by atoms with Gasteiger partial charge in [0.25, 0.3) is 7.82 Å². The number of unbranched alkanes of at least 4 members (excludes halogenated alkanes) is 9. The Balaban J connectivity index is 2.33. The SMILES string of the molecule is CC/C=C\CC1OC1C/C=C\C/C=C\C/C=C\C/C=C\CCC(=O)OC[C@H](COP(=O)([O-])OCC[N+](C)(C)C)OC(=O)CCCCCCC/C=C\CCCCCC. The Labute approximate surface area is 346 Å². The van der Waals surface area contributed by atoms with E-state index in [1.165, 1.54) is 25.7 Å². The van der Waals surface area contributed by atoms with E-state index in [9.17, 15) is 19.0 Å². The van der Waals surface area contributed by atoms with E-state index in [1.54, 1.807) is 0 Å². The minimum Gasteiger partial charge on any atom is -0.756 e. The van der Waals surface area contributed by atoms with Crippen molar-refractivity contribution in [3.8, 4) is 0 Å². The number of allylic oxidation sites excluding steroid dienone is 10. The van der Waals surface area contributed by atoms with Crippen LogP contribution in [0.4, 0.5) is 0 Å². The van der Waals surface area contributed by atoms with Crippen LogP contribution in [0.2, 0.25) is 0 Å². The Morgan fingerprint density at radius 3 is 1.81 bits per heavy atom. The zero-order chi connectivity index (χ0) is 41.9. The lowest BCUT2D eigenvalue weighted by Crippen LogP contribution is -2.37. The lowest BCUT2D eigenvalue weighted by Gasteiger charge is -2.28. The predicted molar refractivity (Wildman–Crippen MR) is 230 cm³/mol. The second-order valence-electron chi connectivity index (χ2n) is 15.7. The fraction of sp³-hybridized carbons (Fsp3) is 0.696. The fourth-order valence-corrected chi connectivity index (χ4v) is 6.33. The summed E-state index contributed by atoms with van der Waals surface area (Å²) in [5.74, 6) is -0.954. The summed E-state index contributed by atoms with van der Waals surface area (Å²) in [6, 6.07) is 0. The third-order valence-corrected chi connectivity index (χ3v) is 10.1. The molecule has 0 aromatic rings. The highest BCUT2D eigenvalue weighted by Crippen LogP contribution is 2.38. The summed E-state index contributed by atoms with van der Waals surface area (Å²) in [4.78, 5) is 37.5. The van der Waals surface area contributed by atoms with Crippen LogP contribution in [0, 0.1) is 0 Å². The van der Waals surface area contributed by atoms with Crippen LogP contribution in [0.1, 0.15) is 142 Å². The van der Waals surface area contributed by atoms with E-state index in [4.69, 9.17) is 23.3 Å². The molecule has 3 unspecified atom stereocenters. The van der Waals surface area contributed by atoms with Gasteiger partial charge in [-0.2, -0.15) is 0 Å². The molecular weight excluding hydrogens is 741 g/mol. The Bertz CT molecular complexity index is 1270. The normalized spacial score (nSPS) is 17.9. The van der Waals surface area contributed by atoms with E-state index >= 15 is 0 Å². The third-order valence-electron chi connectivity index (χ3n) is 9.13. The maximum Gasteiger partial charge on any atom is 0.306 e. The Morgan fingerprint density at radius 1 is 0.649 bits per heavy atom. The molecule has 0 saturated carbocycles. The molecule has 1 aliphatic rings. The smallest absolute Gasteiger partial charge is 0.306 e. The standard InChI is InChI=1S/C46H78NO9P/c1-6-8-10-11-12-13-14-15-20-23-26-29-33-37-46(49)55-42(41-54-57(50,51)53-39-38-47(3,4)5)40-52-45(48)36-32-28-25-22-19-17-16-18-21-24-27-31-35-44-43(56-44)34-30-9-7-2/h9,13-14,17-19,21,25,27-28,30-31,42-44H,6-8,10-12,15-16,20,22-24,26,29,32-41H2,1-5H3/b14-13-,19-17-,21-18-,28-25-,30-9-,31-27-/t42-,43?,44?/m1/s1. The van der Waals surface area contributed by atoms with Crippen LogP contribution in [0.25, 0.3) is 0 Å². The second kappa shape index (κ2) is 34.3. The number of carbonyl (C=O) groups excluding carboxylic acids is 2. The highest BCUT2D eigenvalue weighted by Gasteiger charge is 2.36. The average Bonchev–Trinajstić information content (AvgIpc) is 3.91. The lowest BCUT2D eigenvalue weighted by atomic mass is 10.1. The van der Waals surface area contributed by atoms with Crippen molar-refractivity contribution in [3.05, 3.63) is 72.9 Å². The quantitative estimate of drug-likeness (QED) is 0.0150. The number of phosphoric ester groups is 1. The van der Waals surface area contributed by atoms with Crippen molar-refractivity contribution >= 4 is 19.8 Å². The third kappa shape index (κ3) is 35.1. The van der Waals surface area contributed by atoms with Gasteiger partial charge in [0.05, 0.1) is 40.0 Å². The van der Waals surface area contributed by atoms with E-state index in [0.717, 1.165) is 77.0 Å². The van der Waals surface area contributed by atoms with Crippen molar-refractivity contribution in [2.75, 3.05) is 47.5 Å². The molecule has 0 bridgehead atoms. The summed E-state index contributed by atoms with van der Waals surface area (Å²) in [6.45, 7) is 3.97. The first-order chi connectivity index (χ1) is 27.5. The molecule has 0 amide bonds. The molecule has 57 heavy (non-hydrogen) atoms. The highest BCUT2D eigenvalue weighted by molar-refractivity contribution is 7.45. The van der Waals surface area contributed by atoms with Gasteiger partial charge in [0, 0.05) is 12.8 Å². The zero-order valence-electron chi connectivity index (χ0n) is 36.2. The largest absolute Gasteiger partial charge is 0.756 e. The van der Waals surface area contributed by atoms with Gasteiger partial charge in [-0.05, 0) is 77.0 Å². The van der Waals surface area contributed by atoms with E-state index in [1.807, 2.05) is 33.3 Å². The predicted octanol–water partition coefficient (Wildman–Crippen LogP) is 10.6. The Morgan fingerprint density at radius 2 is 1.19 bits per heavy atom. The molecule has 0 aromatic heterocycles. The fourth-order valence-electron chi connectivity index (χ4n) is 5.60. The van der Waals surface area contributed by atoms with Gasteiger partial charge in [-0.15, -0.1) is 0 Å². The minimum absolute atomic E-state index is 0.0489. The molecule has 0 N–H and O–H groups in total. The molecule has 4 atom stereocenters. The number of hydrogen-bond acceptors (Lipinski definition) is 9.